The fourth-order valence-corrected chi connectivity index (χ4v) is 3.38. The molecule has 26 heavy (non-hydrogen) atoms. The largest absolute Gasteiger partial charge is 0.485 e. The lowest BCUT2D eigenvalue weighted by atomic mass is 10.2. The van der Waals surface area contributed by atoms with Crippen molar-refractivity contribution in [3.05, 3.63) is 60.4 Å². The van der Waals surface area contributed by atoms with Crippen LogP contribution >= 0.6 is 0 Å². The summed E-state index contributed by atoms with van der Waals surface area (Å²) in [6.07, 6.45) is 1.43. The Balaban J connectivity index is 1.36. The second-order valence-corrected chi connectivity index (χ2v) is 6.81. The second kappa shape index (κ2) is 6.09. The number of carbonyl (C=O) groups excluding carboxylic acids is 1. The van der Waals surface area contributed by atoms with Crippen LogP contribution in [0.4, 0.5) is 0 Å². The first-order valence-electron chi connectivity index (χ1n) is 8.94. The molecule has 0 radical (unpaired) electrons. The Hall–Kier alpha value is -2.95. The van der Waals surface area contributed by atoms with Crippen LogP contribution in [0.2, 0.25) is 0 Å². The lowest BCUT2D eigenvalue weighted by molar-refractivity contribution is -0.142. The highest BCUT2D eigenvalue weighted by atomic mass is 16.6. The molecule has 3 aromatic rings. The number of hydrogen-bond donors (Lipinski definition) is 0. The van der Waals surface area contributed by atoms with Gasteiger partial charge in [0.1, 0.15) is 18.0 Å². The third-order valence-electron chi connectivity index (χ3n) is 4.86. The SMILES string of the molecule is O=C([C@@H]1COc2ccccc2O1)N(Cc1cc2ccccc2o1)C1CC1. The molecule has 1 aromatic heterocycles. The second-order valence-electron chi connectivity index (χ2n) is 6.81. The topological polar surface area (TPSA) is 51.9 Å². The number of ether oxygens (including phenoxy) is 2. The van der Waals surface area contributed by atoms with E-state index in [2.05, 4.69) is 0 Å². The van der Waals surface area contributed by atoms with E-state index in [1.165, 1.54) is 0 Å². The Bertz CT molecular complexity index is 926. The van der Waals surface area contributed by atoms with Gasteiger partial charge < -0.3 is 18.8 Å². The van der Waals surface area contributed by atoms with Crippen molar-refractivity contribution < 1.29 is 18.7 Å². The quantitative estimate of drug-likeness (QED) is 0.720. The van der Waals surface area contributed by atoms with Crippen LogP contribution in [0.3, 0.4) is 0 Å². The van der Waals surface area contributed by atoms with Gasteiger partial charge in [0, 0.05) is 11.4 Å². The molecule has 0 spiro atoms. The summed E-state index contributed by atoms with van der Waals surface area (Å²) >= 11 is 0. The molecular formula is C21H19NO4. The molecule has 1 aliphatic heterocycles. The summed E-state index contributed by atoms with van der Waals surface area (Å²) in [5, 5.41) is 1.05. The number of rotatable bonds is 4. The Kier molecular flexibility index (Phi) is 3.59. The van der Waals surface area contributed by atoms with Gasteiger partial charge in [0.25, 0.3) is 5.91 Å². The molecule has 5 rings (SSSR count). The van der Waals surface area contributed by atoms with Crippen molar-refractivity contribution >= 4 is 16.9 Å². The molecule has 0 bridgehead atoms. The molecule has 1 saturated carbocycles. The molecule has 1 atom stereocenters. The van der Waals surface area contributed by atoms with E-state index in [0.717, 1.165) is 29.6 Å². The van der Waals surface area contributed by atoms with Gasteiger partial charge in [-0.2, -0.15) is 0 Å². The number of nitrogens with zero attached hydrogens (tertiary/aromatic N) is 1. The highest BCUT2D eigenvalue weighted by Crippen LogP contribution is 2.34. The molecule has 0 N–H and O–H groups in total. The molecule has 2 aromatic carbocycles. The molecule has 1 amide bonds. The van der Waals surface area contributed by atoms with Crippen molar-refractivity contribution in [2.45, 2.75) is 31.5 Å². The van der Waals surface area contributed by atoms with Gasteiger partial charge in [0.2, 0.25) is 6.10 Å². The predicted molar refractivity (Wildman–Crippen MR) is 96.1 cm³/mol. The van der Waals surface area contributed by atoms with Crippen molar-refractivity contribution in [1.29, 1.82) is 0 Å². The monoisotopic (exact) mass is 349 g/mol. The first kappa shape index (κ1) is 15.3. The fourth-order valence-electron chi connectivity index (χ4n) is 3.38. The Morgan fingerprint density at radius 1 is 1.04 bits per heavy atom. The van der Waals surface area contributed by atoms with E-state index in [9.17, 15) is 4.79 Å². The molecule has 5 heteroatoms. The summed E-state index contributed by atoms with van der Waals surface area (Å²) in [6.45, 7) is 0.693. The van der Waals surface area contributed by atoms with Gasteiger partial charge in [-0.15, -0.1) is 0 Å². The van der Waals surface area contributed by atoms with E-state index in [1.807, 2.05) is 59.5 Å². The average molecular weight is 349 g/mol. The van der Waals surface area contributed by atoms with Crippen molar-refractivity contribution in [3.63, 3.8) is 0 Å². The van der Waals surface area contributed by atoms with Gasteiger partial charge >= 0.3 is 0 Å². The number of benzene rings is 2. The lowest BCUT2D eigenvalue weighted by Crippen LogP contribution is -2.47. The molecule has 1 aliphatic carbocycles. The van der Waals surface area contributed by atoms with Gasteiger partial charge in [0.05, 0.1) is 6.54 Å². The third kappa shape index (κ3) is 2.79. The van der Waals surface area contributed by atoms with Crippen LogP contribution in [0.15, 0.2) is 59.0 Å². The first-order chi connectivity index (χ1) is 12.8. The average Bonchev–Trinajstić information content (AvgIpc) is 3.44. The molecule has 5 nitrogen and oxygen atoms in total. The third-order valence-corrected chi connectivity index (χ3v) is 4.86. The van der Waals surface area contributed by atoms with Crippen LogP contribution in [0.5, 0.6) is 11.5 Å². The maximum atomic E-state index is 13.1. The number of furan rings is 1. The number of fused-ring (bicyclic) bond motifs is 2. The minimum Gasteiger partial charge on any atom is -0.485 e. The summed E-state index contributed by atoms with van der Waals surface area (Å²) in [5.74, 6) is 2.06. The van der Waals surface area contributed by atoms with Gasteiger partial charge in [-0.1, -0.05) is 30.3 Å². The lowest BCUT2D eigenvalue weighted by Gasteiger charge is -2.30. The van der Waals surface area contributed by atoms with E-state index in [0.29, 0.717) is 18.0 Å². The predicted octanol–water partition coefficient (Wildman–Crippen LogP) is 3.76. The maximum Gasteiger partial charge on any atom is 0.267 e. The van der Waals surface area contributed by atoms with E-state index < -0.39 is 6.10 Å². The number of carbonyl (C=O) groups is 1. The minimum absolute atomic E-state index is 0.0394. The van der Waals surface area contributed by atoms with Crippen LogP contribution in [0.25, 0.3) is 11.0 Å². The van der Waals surface area contributed by atoms with Crippen molar-refractivity contribution in [3.8, 4) is 11.5 Å². The van der Waals surface area contributed by atoms with Gasteiger partial charge in [-0.3, -0.25) is 4.79 Å². The van der Waals surface area contributed by atoms with E-state index >= 15 is 0 Å². The highest BCUT2D eigenvalue weighted by Gasteiger charge is 2.39. The molecule has 0 saturated heterocycles. The zero-order valence-electron chi connectivity index (χ0n) is 14.3. The van der Waals surface area contributed by atoms with Crippen LogP contribution in [0, 0.1) is 0 Å². The fraction of sp³-hybridized carbons (Fsp3) is 0.286. The number of hydrogen-bond acceptors (Lipinski definition) is 4. The Labute approximate surface area is 151 Å². The maximum absolute atomic E-state index is 13.1. The standard InChI is InChI=1S/C21H19NO4/c23-21(20-13-24-18-7-3-4-8-19(18)26-20)22(15-9-10-15)12-16-11-14-5-1-2-6-17(14)25-16/h1-8,11,15,20H,9-10,12-13H2/t20-/m0/s1. The minimum atomic E-state index is -0.616. The van der Waals surface area contributed by atoms with Crippen LogP contribution < -0.4 is 9.47 Å². The van der Waals surface area contributed by atoms with Crippen molar-refractivity contribution in [2.75, 3.05) is 6.61 Å². The number of para-hydroxylation sites is 3. The molecule has 2 heterocycles. The zero-order valence-corrected chi connectivity index (χ0v) is 14.3. The van der Waals surface area contributed by atoms with E-state index in [1.54, 1.807) is 0 Å². The molecule has 132 valence electrons. The molecule has 2 aliphatic rings. The van der Waals surface area contributed by atoms with Gasteiger partial charge in [-0.25, -0.2) is 0 Å². The van der Waals surface area contributed by atoms with Crippen LogP contribution in [-0.4, -0.2) is 29.6 Å². The van der Waals surface area contributed by atoms with Crippen molar-refractivity contribution in [1.82, 2.24) is 4.90 Å². The van der Waals surface area contributed by atoms with Crippen molar-refractivity contribution in [2.24, 2.45) is 0 Å². The zero-order chi connectivity index (χ0) is 17.5. The first-order valence-corrected chi connectivity index (χ1v) is 8.94. The summed E-state index contributed by atoms with van der Waals surface area (Å²) in [5.41, 5.74) is 0.844. The summed E-state index contributed by atoms with van der Waals surface area (Å²) in [4.78, 5) is 15.0. The number of amides is 1. The van der Waals surface area contributed by atoms with Crippen LogP contribution in [0.1, 0.15) is 18.6 Å². The van der Waals surface area contributed by atoms with Gasteiger partial charge in [-0.05, 0) is 37.1 Å². The Morgan fingerprint density at radius 2 is 1.81 bits per heavy atom. The summed E-state index contributed by atoms with van der Waals surface area (Å²) < 4.78 is 17.5. The molecule has 0 unspecified atom stereocenters. The molecule has 1 fully saturated rings. The highest BCUT2D eigenvalue weighted by molar-refractivity contribution is 5.83. The normalized spacial score (nSPS) is 18.7. The Morgan fingerprint density at radius 3 is 2.62 bits per heavy atom. The van der Waals surface area contributed by atoms with Gasteiger partial charge in [0.15, 0.2) is 11.5 Å². The smallest absolute Gasteiger partial charge is 0.267 e. The molecular weight excluding hydrogens is 330 g/mol. The van der Waals surface area contributed by atoms with E-state index in [-0.39, 0.29) is 18.6 Å². The summed E-state index contributed by atoms with van der Waals surface area (Å²) in [6, 6.07) is 17.6. The summed E-state index contributed by atoms with van der Waals surface area (Å²) in [7, 11) is 0. The van der Waals surface area contributed by atoms with Crippen LogP contribution in [-0.2, 0) is 11.3 Å². The van der Waals surface area contributed by atoms with E-state index in [4.69, 9.17) is 13.9 Å².